The molecule has 0 aliphatic heterocycles. The molecule has 10 heteroatoms. The summed E-state index contributed by atoms with van der Waals surface area (Å²) in [7, 11) is 0. The zero-order valence-electron chi connectivity index (χ0n) is 10.9. The normalized spacial score (nSPS) is 10.1. The summed E-state index contributed by atoms with van der Waals surface area (Å²) in [4.78, 5) is 38.8. The number of hydrogen-bond acceptors (Lipinski definition) is 7. The van der Waals surface area contributed by atoms with Gasteiger partial charge in [0.2, 0.25) is 0 Å². The molecule has 1 aromatic heterocycles. The molecule has 0 atom stereocenters. The van der Waals surface area contributed by atoms with Gasteiger partial charge in [-0.15, -0.1) is 0 Å². The standard InChI is InChI=1S/C11H11N5O5/c1-2-21-11(18)15-14-9-7-4-3-6(16(19)20)5-8(7)12-10(17)13-9/h3-5H,2H2,1H3,(H,15,18)(H2,12,13,14,17). The number of nitro groups is 1. The lowest BCUT2D eigenvalue weighted by atomic mass is 10.2. The van der Waals surface area contributed by atoms with Crippen LogP contribution in [0.25, 0.3) is 10.9 Å². The van der Waals surface area contributed by atoms with E-state index in [1.54, 1.807) is 6.92 Å². The Labute approximate surface area is 117 Å². The van der Waals surface area contributed by atoms with Crippen LogP contribution in [0, 0.1) is 10.1 Å². The Bertz CT molecular complexity index is 756. The zero-order chi connectivity index (χ0) is 15.4. The van der Waals surface area contributed by atoms with Crippen LogP contribution in [0.15, 0.2) is 23.0 Å². The second-order valence-corrected chi connectivity index (χ2v) is 3.85. The average Bonchev–Trinajstić information content (AvgIpc) is 2.44. The van der Waals surface area contributed by atoms with Crippen molar-refractivity contribution in [1.29, 1.82) is 0 Å². The molecule has 0 aliphatic rings. The predicted octanol–water partition coefficient (Wildman–Crippen LogP) is 0.904. The molecule has 0 radical (unpaired) electrons. The third-order valence-electron chi connectivity index (χ3n) is 2.48. The highest BCUT2D eigenvalue weighted by molar-refractivity contribution is 5.90. The molecule has 1 amide bonds. The van der Waals surface area contributed by atoms with Gasteiger partial charge in [-0.3, -0.25) is 15.5 Å². The number of hydrogen-bond donors (Lipinski definition) is 3. The molecule has 10 nitrogen and oxygen atoms in total. The first-order valence-corrected chi connectivity index (χ1v) is 5.88. The van der Waals surface area contributed by atoms with Gasteiger partial charge < -0.3 is 9.72 Å². The van der Waals surface area contributed by atoms with Crippen molar-refractivity contribution in [2.45, 2.75) is 6.92 Å². The number of carbonyl (C=O) groups excluding carboxylic acids is 1. The highest BCUT2D eigenvalue weighted by Gasteiger charge is 2.11. The van der Waals surface area contributed by atoms with Crippen LogP contribution in [0.2, 0.25) is 0 Å². The van der Waals surface area contributed by atoms with Gasteiger partial charge in [-0.2, -0.15) is 4.98 Å². The van der Waals surface area contributed by atoms with Crippen LogP contribution in [0.5, 0.6) is 0 Å². The number of ether oxygens (including phenoxy) is 1. The summed E-state index contributed by atoms with van der Waals surface area (Å²) < 4.78 is 4.64. The number of anilines is 1. The third-order valence-corrected chi connectivity index (χ3v) is 2.48. The fraction of sp³-hybridized carbons (Fsp3) is 0.182. The minimum absolute atomic E-state index is 0.0525. The Morgan fingerprint density at radius 2 is 2.29 bits per heavy atom. The van der Waals surface area contributed by atoms with Crippen LogP contribution in [-0.2, 0) is 4.74 Å². The van der Waals surface area contributed by atoms with Crippen molar-refractivity contribution in [3.05, 3.63) is 38.8 Å². The topological polar surface area (TPSA) is 139 Å². The van der Waals surface area contributed by atoms with E-state index in [0.29, 0.717) is 5.39 Å². The maximum Gasteiger partial charge on any atom is 0.425 e. The van der Waals surface area contributed by atoms with E-state index < -0.39 is 16.7 Å². The Morgan fingerprint density at radius 3 is 2.95 bits per heavy atom. The smallest absolute Gasteiger partial charge is 0.425 e. The number of carbonyl (C=O) groups is 1. The third kappa shape index (κ3) is 3.23. The van der Waals surface area contributed by atoms with E-state index in [1.807, 2.05) is 0 Å². The Morgan fingerprint density at radius 1 is 1.52 bits per heavy atom. The summed E-state index contributed by atoms with van der Waals surface area (Å²) >= 11 is 0. The van der Waals surface area contributed by atoms with Gasteiger partial charge in [0.05, 0.1) is 17.0 Å². The number of fused-ring (bicyclic) bond motifs is 1. The van der Waals surface area contributed by atoms with E-state index in [-0.39, 0.29) is 23.6 Å². The Hall–Kier alpha value is -3.17. The number of benzene rings is 1. The number of nitro benzene ring substituents is 1. The summed E-state index contributed by atoms with van der Waals surface area (Å²) in [5.74, 6) is 0.0525. The molecular formula is C11H11N5O5. The first-order valence-electron chi connectivity index (χ1n) is 5.88. The zero-order valence-corrected chi connectivity index (χ0v) is 10.9. The van der Waals surface area contributed by atoms with E-state index in [2.05, 4.69) is 25.6 Å². The maximum absolute atomic E-state index is 11.4. The van der Waals surface area contributed by atoms with Crippen LogP contribution in [0.4, 0.5) is 16.3 Å². The largest absolute Gasteiger partial charge is 0.449 e. The number of amides is 1. The first kappa shape index (κ1) is 14.2. The van der Waals surface area contributed by atoms with Crippen LogP contribution in [-0.4, -0.2) is 27.6 Å². The molecule has 2 rings (SSSR count). The highest BCUT2D eigenvalue weighted by atomic mass is 16.6. The van der Waals surface area contributed by atoms with Gasteiger partial charge in [-0.25, -0.2) is 15.0 Å². The quantitative estimate of drug-likeness (QED) is 0.562. The molecule has 0 bridgehead atoms. The number of aromatic amines is 1. The van der Waals surface area contributed by atoms with E-state index in [0.717, 1.165) is 0 Å². The van der Waals surface area contributed by atoms with Crippen LogP contribution < -0.4 is 16.5 Å². The summed E-state index contributed by atoms with van der Waals surface area (Å²) in [6, 6.07) is 3.87. The molecule has 0 spiro atoms. The van der Waals surface area contributed by atoms with Gasteiger partial charge in [-0.05, 0) is 13.0 Å². The highest BCUT2D eigenvalue weighted by Crippen LogP contribution is 2.22. The Kier molecular flexibility index (Phi) is 3.97. The molecule has 0 fully saturated rings. The molecule has 0 aliphatic carbocycles. The number of H-pyrrole nitrogens is 1. The van der Waals surface area contributed by atoms with Gasteiger partial charge >= 0.3 is 11.8 Å². The molecule has 2 aromatic rings. The molecule has 21 heavy (non-hydrogen) atoms. The monoisotopic (exact) mass is 293 g/mol. The lowest BCUT2D eigenvalue weighted by molar-refractivity contribution is -0.384. The number of aromatic nitrogens is 2. The fourth-order valence-electron chi connectivity index (χ4n) is 1.63. The van der Waals surface area contributed by atoms with Crippen LogP contribution in [0.3, 0.4) is 0 Å². The lowest BCUT2D eigenvalue weighted by Crippen LogP contribution is -2.31. The molecule has 0 unspecified atom stereocenters. The van der Waals surface area contributed by atoms with E-state index in [9.17, 15) is 19.7 Å². The van der Waals surface area contributed by atoms with Gasteiger partial charge in [-0.1, -0.05) is 0 Å². The lowest BCUT2D eigenvalue weighted by Gasteiger charge is -2.09. The van der Waals surface area contributed by atoms with Crippen molar-refractivity contribution in [1.82, 2.24) is 15.4 Å². The number of nitrogens with zero attached hydrogens (tertiary/aromatic N) is 2. The van der Waals surface area contributed by atoms with Gasteiger partial charge in [0.1, 0.15) is 0 Å². The van der Waals surface area contributed by atoms with E-state index in [1.165, 1.54) is 18.2 Å². The first-order chi connectivity index (χ1) is 10.0. The summed E-state index contributed by atoms with van der Waals surface area (Å²) in [6.45, 7) is 1.82. The number of nitrogens with one attached hydrogen (secondary N) is 3. The number of non-ortho nitro benzene ring substituents is 1. The number of hydrazine groups is 1. The molecule has 0 saturated carbocycles. The predicted molar refractivity (Wildman–Crippen MR) is 72.8 cm³/mol. The summed E-state index contributed by atoms with van der Waals surface area (Å²) in [6.07, 6.45) is -0.741. The fourth-order valence-corrected chi connectivity index (χ4v) is 1.63. The summed E-state index contributed by atoms with van der Waals surface area (Å²) in [5.41, 5.74) is 3.97. The van der Waals surface area contributed by atoms with Crippen LogP contribution >= 0.6 is 0 Å². The maximum atomic E-state index is 11.4. The SMILES string of the molecule is CCOC(=O)NNc1nc(=O)[nH]c2cc([N+](=O)[O-])ccc12. The molecule has 1 aromatic carbocycles. The summed E-state index contributed by atoms with van der Waals surface area (Å²) in [5, 5.41) is 11.1. The van der Waals surface area contributed by atoms with Crippen molar-refractivity contribution < 1.29 is 14.5 Å². The van der Waals surface area contributed by atoms with Crippen molar-refractivity contribution in [2.24, 2.45) is 0 Å². The number of rotatable bonds is 4. The van der Waals surface area contributed by atoms with Crippen LogP contribution in [0.1, 0.15) is 6.92 Å². The molecule has 0 saturated heterocycles. The second kappa shape index (κ2) is 5.86. The average molecular weight is 293 g/mol. The van der Waals surface area contributed by atoms with Gasteiger partial charge in [0, 0.05) is 17.5 Å². The second-order valence-electron chi connectivity index (χ2n) is 3.85. The van der Waals surface area contributed by atoms with Crippen molar-refractivity contribution in [3.8, 4) is 0 Å². The van der Waals surface area contributed by atoms with Crippen molar-refractivity contribution >= 4 is 28.5 Å². The van der Waals surface area contributed by atoms with Crippen molar-refractivity contribution in [3.63, 3.8) is 0 Å². The Balaban J connectivity index is 2.37. The molecular weight excluding hydrogens is 282 g/mol. The molecule has 110 valence electrons. The van der Waals surface area contributed by atoms with E-state index in [4.69, 9.17) is 0 Å². The van der Waals surface area contributed by atoms with Crippen molar-refractivity contribution in [2.75, 3.05) is 12.0 Å². The minimum Gasteiger partial charge on any atom is -0.449 e. The van der Waals surface area contributed by atoms with E-state index >= 15 is 0 Å². The molecule has 3 N–H and O–H groups in total. The van der Waals surface area contributed by atoms with Gasteiger partial charge in [0.15, 0.2) is 5.82 Å². The minimum atomic E-state index is -0.741. The molecule has 1 heterocycles. The van der Waals surface area contributed by atoms with Gasteiger partial charge in [0.25, 0.3) is 5.69 Å².